The summed E-state index contributed by atoms with van der Waals surface area (Å²) in [4.78, 5) is 11.5. The van der Waals surface area contributed by atoms with Crippen LogP contribution in [0.3, 0.4) is 0 Å². The fourth-order valence-corrected chi connectivity index (χ4v) is 4.34. The van der Waals surface area contributed by atoms with E-state index in [4.69, 9.17) is 27.9 Å². The van der Waals surface area contributed by atoms with Crippen LogP contribution in [-0.4, -0.2) is 38.9 Å². The van der Waals surface area contributed by atoms with E-state index >= 15 is 0 Å². The van der Waals surface area contributed by atoms with Crippen molar-refractivity contribution in [1.29, 1.82) is 0 Å². The van der Waals surface area contributed by atoms with E-state index in [0.29, 0.717) is 41.5 Å². The Labute approximate surface area is 140 Å². The Kier molecular flexibility index (Phi) is 5.71. The van der Waals surface area contributed by atoms with E-state index in [9.17, 15) is 13.2 Å². The molecule has 1 aromatic rings. The van der Waals surface area contributed by atoms with Crippen LogP contribution in [0.5, 0.6) is 0 Å². The van der Waals surface area contributed by atoms with Crippen LogP contribution in [0, 0.1) is 5.92 Å². The summed E-state index contributed by atoms with van der Waals surface area (Å²) in [7, 11) is -2.10. The first kappa shape index (κ1) is 17.5. The number of benzene rings is 1. The molecule has 1 saturated heterocycles. The van der Waals surface area contributed by atoms with Gasteiger partial charge in [-0.25, -0.2) is 12.7 Å². The number of carbonyl (C=O) groups excluding carboxylic acids is 1. The molecule has 22 heavy (non-hydrogen) atoms. The van der Waals surface area contributed by atoms with Crippen molar-refractivity contribution in [3.05, 3.63) is 33.8 Å². The largest absolute Gasteiger partial charge is 0.469 e. The summed E-state index contributed by atoms with van der Waals surface area (Å²) in [5.41, 5.74) is 0.587. The average molecular weight is 366 g/mol. The molecular weight excluding hydrogens is 349 g/mol. The number of carbonyl (C=O) groups is 1. The second-order valence-corrected chi connectivity index (χ2v) is 7.98. The zero-order valence-electron chi connectivity index (χ0n) is 12.1. The molecule has 1 heterocycles. The Morgan fingerprint density at radius 3 is 2.45 bits per heavy atom. The topological polar surface area (TPSA) is 63.7 Å². The molecule has 122 valence electrons. The Morgan fingerprint density at radius 2 is 1.91 bits per heavy atom. The highest BCUT2D eigenvalue weighted by Gasteiger charge is 2.31. The van der Waals surface area contributed by atoms with Crippen molar-refractivity contribution in [1.82, 2.24) is 4.31 Å². The lowest BCUT2D eigenvalue weighted by Crippen LogP contribution is -2.41. The molecule has 8 heteroatoms. The minimum Gasteiger partial charge on any atom is -0.469 e. The Morgan fingerprint density at radius 1 is 1.27 bits per heavy atom. The second kappa shape index (κ2) is 7.17. The van der Waals surface area contributed by atoms with Crippen molar-refractivity contribution in [2.75, 3.05) is 20.2 Å². The first-order valence-electron chi connectivity index (χ1n) is 6.83. The van der Waals surface area contributed by atoms with E-state index in [-0.39, 0.29) is 17.6 Å². The van der Waals surface area contributed by atoms with Gasteiger partial charge < -0.3 is 4.74 Å². The molecule has 0 N–H and O–H groups in total. The number of sulfonamides is 1. The third kappa shape index (κ3) is 4.13. The van der Waals surface area contributed by atoms with Gasteiger partial charge in [0.05, 0.1) is 28.8 Å². The van der Waals surface area contributed by atoms with Crippen molar-refractivity contribution < 1.29 is 17.9 Å². The molecule has 0 spiro atoms. The second-order valence-electron chi connectivity index (χ2n) is 5.20. The van der Waals surface area contributed by atoms with Crippen LogP contribution in [0.1, 0.15) is 18.4 Å². The van der Waals surface area contributed by atoms with Crippen molar-refractivity contribution in [2.45, 2.75) is 18.6 Å². The molecule has 0 amide bonds. The van der Waals surface area contributed by atoms with Crippen LogP contribution < -0.4 is 0 Å². The average Bonchev–Trinajstić information content (AvgIpc) is 2.50. The fraction of sp³-hybridized carbons (Fsp3) is 0.500. The number of methoxy groups -OCH3 is 1. The van der Waals surface area contributed by atoms with Crippen LogP contribution in [0.25, 0.3) is 0 Å². The molecule has 1 aliphatic heterocycles. The third-order valence-corrected chi connectivity index (χ3v) is 6.30. The summed E-state index contributed by atoms with van der Waals surface area (Å²) >= 11 is 11.7. The monoisotopic (exact) mass is 365 g/mol. The van der Waals surface area contributed by atoms with Crippen LogP contribution in [0.15, 0.2) is 18.2 Å². The summed E-state index contributed by atoms with van der Waals surface area (Å²) in [6.45, 7) is 0.646. The van der Waals surface area contributed by atoms with Crippen molar-refractivity contribution >= 4 is 39.2 Å². The van der Waals surface area contributed by atoms with E-state index in [1.165, 1.54) is 11.4 Å². The molecule has 1 fully saturated rings. The van der Waals surface area contributed by atoms with Crippen LogP contribution in [0.4, 0.5) is 0 Å². The molecule has 5 nitrogen and oxygen atoms in total. The maximum absolute atomic E-state index is 12.4. The molecule has 0 aliphatic carbocycles. The smallest absolute Gasteiger partial charge is 0.308 e. The van der Waals surface area contributed by atoms with E-state index in [2.05, 4.69) is 0 Å². The van der Waals surface area contributed by atoms with Gasteiger partial charge in [0.25, 0.3) is 0 Å². The quantitative estimate of drug-likeness (QED) is 0.769. The van der Waals surface area contributed by atoms with Gasteiger partial charge in [0.1, 0.15) is 0 Å². The highest BCUT2D eigenvalue weighted by molar-refractivity contribution is 7.88. The summed E-state index contributed by atoms with van der Waals surface area (Å²) in [6.07, 6.45) is 0.959. The Balaban J connectivity index is 2.02. The number of piperidine rings is 1. The highest BCUT2D eigenvalue weighted by Crippen LogP contribution is 2.26. The predicted molar refractivity (Wildman–Crippen MR) is 85.4 cm³/mol. The molecule has 0 bridgehead atoms. The molecule has 0 atom stereocenters. The number of hydrogen-bond donors (Lipinski definition) is 0. The van der Waals surface area contributed by atoms with Gasteiger partial charge in [0, 0.05) is 13.1 Å². The zero-order chi connectivity index (χ0) is 16.3. The molecule has 2 rings (SSSR count). The van der Waals surface area contributed by atoms with Crippen LogP contribution in [-0.2, 0) is 25.3 Å². The number of ether oxygens (including phenoxy) is 1. The number of rotatable bonds is 4. The third-order valence-electron chi connectivity index (χ3n) is 3.71. The molecule has 0 radical (unpaired) electrons. The van der Waals surface area contributed by atoms with Gasteiger partial charge in [0.15, 0.2) is 0 Å². The van der Waals surface area contributed by atoms with E-state index in [1.807, 2.05) is 0 Å². The van der Waals surface area contributed by atoms with Gasteiger partial charge >= 0.3 is 5.97 Å². The minimum atomic E-state index is -3.44. The summed E-state index contributed by atoms with van der Waals surface area (Å²) in [5.74, 6) is -0.629. The zero-order valence-corrected chi connectivity index (χ0v) is 14.4. The van der Waals surface area contributed by atoms with Crippen molar-refractivity contribution in [3.8, 4) is 0 Å². The minimum absolute atomic E-state index is 0.132. The van der Waals surface area contributed by atoms with Crippen LogP contribution >= 0.6 is 23.2 Å². The molecule has 0 saturated carbocycles. The Bertz CT molecular complexity index is 655. The van der Waals surface area contributed by atoms with Gasteiger partial charge in [-0.15, -0.1) is 0 Å². The van der Waals surface area contributed by atoms with Gasteiger partial charge in [-0.05, 0) is 30.5 Å². The first-order chi connectivity index (χ1) is 10.3. The maximum Gasteiger partial charge on any atom is 0.308 e. The summed E-state index contributed by atoms with van der Waals surface area (Å²) in [5, 5.41) is 0.723. The van der Waals surface area contributed by atoms with Gasteiger partial charge in [-0.1, -0.05) is 29.3 Å². The highest BCUT2D eigenvalue weighted by atomic mass is 35.5. The van der Waals surface area contributed by atoms with Gasteiger partial charge in [-0.3, -0.25) is 4.79 Å². The lowest BCUT2D eigenvalue weighted by atomic mass is 9.99. The van der Waals surface area contributed by atoms with Gasteiger partial charge in [0.2, 0.25) is 10.0 Å². The van der Waals surface area contributed by atoms with E-state index in [1.54, 1.807) is 18.2 Å². The number of nitrogens with zero attached hydrogens (tertiary/aromatic N) is 1. The molecule has 1 aromatic carbocycles. The summed E-state index contributed by atoms with van der Waals surface area (Å²) < 4.78 is 31.0. The molecule has 0 aromatic heterocycles. The molecule has 0 unspecified atom stereocenters. The maximum atomic E-state index is 12.4. The van der Waals surface area contributed by atoms with E-state index < -0.39 is 10.0 Å². The van der Waals surface area contributed by atoms with E-state index in [0.717, 1.165) is 0 Å². The van der Waals surface area contributed by atoms with Gasteiger partial charge in [-0.2, -0.15) is 0 Å². The number of esters is 1. The lowest BCUT2D eigenvalue weighted by Gasteiger charge is -2.29. The lowest BCUT2D eigenvalue weighted by molar-refractivity contribution is -0.146. The Hall–Kier alpha value is -0.820. The first-order valence-corrected chi connectivity index (χ1v) is 9.19. The van der Waals surface area contributed by atoms with Crippen molar-refractivity contribution in [3.63, 3.8) is 0 Å². The SMILES string of the molecule is COC(=O)C1CCN(S(=O)(=O)Cc2ccc(Cl)c(Cl)c2)CC1. The van der Waals surface area contributed by atoms with Crippen molar-refractivity contribution in [2.24, 2.45) is 5.92 Å². The standard InChI is InChI=1S/C14H17Cl2NO4S/c1-21-14(18)11-4-6-17(7-5-11)22(19,20)9-10-2-3-12(15)13(16)8-10/h2-3,8,11H,4-7,9H2,1H3. The number of hydrogen-bond acceptors (Lipinski definition) is 4. The van der Waals surface area contributed by atoms with Crippen LogP contribution in [0.2, 0.25) is 10.0 Å². The fourth-order valence-electron chi connectivity index (χ4n) is 2.47. The summed E-state index contributed by atoms with van der Waals surface area (Å²) in [6, 6.07) is 4.79. The normalized spacial score (nSPS) is 17.4. The number of halogens is 2. The molecule has 1 aliphatic rings. The molecular formula is C14H17Cl2NO4S. The predicted octanol–water partition coefficient (Wildman–Crippen LogP) is 2.71.